The van der Waals surface area contributed by atoms with E-state index >= 15 is 0 Å². The molecule has 0 aliphatic rings. The SMILES string of the molecule is CCCCC/C=C/CC/C=C/CC/C=C/C(O)C(COP(=O)(O)OCC[N+](C)(C)C)NC(=O)CCCCCCCCCCCCCCCCCCCCCCCCCCCCCCCCCCCCC. The summed E-state index contributed by atoms with van der Waals surface area (Å²) in [4.78, 5) is 23.2. The first-order chi connectivity index (χ1) is 34.0. The Morgan fingerprint density at radius 2 is 0.786 bits per heavy atom. The second-order valence-electron chi connectivity index (χ2n) is 22.1. The van der Waals surface area contributed by atoms with Crippen LogP contribution in [-0.4, -0.2) is 73.4 Å². The van der Waals surface area contributed by atoms with Gasteiger partial charge < -0.3 is 19.8 Å². The molecule has 0 heterocycles. The van der Waals surface area contributed by atoms with Crippen LogP contribution < -0.4 is 5.32 Å². The van der Waals surface area contributed by atoms with Crippen molar-refractivity contribution >= 4 is 13.7 Å². The number of allylic oxidation sites excluding steroid dienone is 5. The van der Waals surface area contributed by atoms with Gasteiger partial charge in [0.25, 0.3) is 0 Å². The summed E-state index contributed by atoms with van der Waals surface area (Å²) in [5.41, 5.74) is 0. The van der Waals surface area contributed by atoms with Gasteiger partial charge in [-0.2, -0.15) is 0 Å². The molecule has 0 saturated carbocycles. The van der Waals surface area contributed by atoms with Crippen LogP contribution in [0.5, 0.6) is 0 Å². The van der Waals surface area contributed by atoms with Crippen molar-refractivity contribution in [3.8, 4) is 0 Å². The number of likely N-dealkylation sites (N-methyl/N-ethyl adjacent to an activating group) is 1. The third-order valence-electron chi connectivity index (χ3n) is 13.8. The molecule has 3 unspecified atom stereocenters. The molecule has 414 valence electrons. The molecule has 0 aliphatic heterocycles. The van der Waals surface area contributed by atoms with E-state index in [2.05, 4.69) is 43.5 Å². The van der Waals surface area contributed by atoms with E-state index in [-0.39, 0.29) is 19.1 Å². The molecule has 0 aromatic heterocycles. The van der Waals surface area contributed by atoms with Crippen molar-refractivity contribution in [3.05, 3.63) is 36.5 Å². The smallest absolute Gasteiger partial charge is 0.387 e. The summed E-state index contributed by atoms with van der Waals surface area (Å²) < 4.78 is 23.6. The van der Waals surface area contributed by atoms with Gasteiger partial charge in [-0.15, -0.1) is 0 Å². The fourth-order valence-electron chi connectivity index (χ4n) is 9.08. The Labute approximate surface area is 436 Å². The van der Waals surface area contributed by atoms with Crippen molar-refractivity contribution < 1.29 is 32.9 Å². The molecule has 0 aliphatic carbocycles. The van der Waals surface area contributed by atoms with Crippen molar-refractivity contribution in [2.45, 2.75) is 309 Å². The Bertz CT molecular complexity index is 1230. The molecule has 3 atom stereocenters. The van der Waals surface area contributed by atoms with E-state index in [1.165, 1.54) is 225 Å². The maximum Gasteiger partial charge on any atom is 0.472 e. The quantitative estimate of drug-likeness (QED) is 0.0243. The predicted octanol–water partition coefficient (Wildman–Crippen LogP) is 18.5. The highest BCUT2D eigenvalue weighted by Gasteiger charge is 2.27. The Kier molecular flexibility index (Phi) is 51.6. The second kappa shape index (κ2) is 52.6. The number of rotatable bonds is 56. The summed E-state index contributed by atoms with van der Waals surface area (Å²) in [6.45, 7) is 4.78. The number of hydrogen-bond donors (Lipinski definition) is 3. The number of quaternary nitrogens is 1. The number of nitrogens with zero attached hydrogens (tertiary/aromatic N) is 1. The Hall–Kier alpha value is -1.28. The molecule has 0 rings (SSSR count). The average molecular weight is 1010 g/mol. The molecule has 0 bridgehead atoms. The molecule has 0 spiro atoms. The molecular weight excluding hydrogens is 888 g/mol. The Morgan fingerprint density at radius 1 is 0.471 bits per heavy atom. The predicted molar refractivity (Wildman–Crippen MR) is 304 cm³/mol. The topological polar surface area (TPSA) is 105 Å². The van der Waals surface area contributed by atoms with Gasteiger partial charge in [-0.3, -0.25) is 13.8 Å². The van der Waals surface area contributed by atoms with Gasteiger partial charge >= 0.3 is 7.82 Å². The monoisotopic (exact) mass is 1010 g/mol. The number of hydrogen-bond acceptors (Lipinski definition) is 5. The van der Waals surface area contributed by atoms with Gasteiger partial charge in [-0.1, -0.05) is 281 Å². The number of phosphoric ester groups is 1. The van der Waals surface area contributed by atoms with Gasteiger partial charge in [0, 0.05) is 6.42 Å². The zero-order chi connectivity index (χ0) is 51.3. The van der Waals surface area contributed by atoms with Gasteiger partial charge in [0.05, 0.1) is 39.9 Å². The summed E-state index contributed by atoms with van der Waals surface area (Å²) in [5.74, 6) is -0.187. The van der Waals surface area contributed by atoms with E-state index in [9.17, 15) is 19.4 Å². The molecule has 0 radical (unpaired) electrons. The maximum absolute atomic E-state index is 13.0. The second-order valence-corrected chi connectivity index (χ2v) is 23.5. The molecule has 3 N–H and O–H groups in total. The van der Waals surface area contributed by atoms with Crippen molar-refractivity contribution in [1.82, 2.24) is 5.32 Å². The largest absolute Gasteiger partial charge is 0.472 e. The number of unbranched alkanes of at least 4 members (excludes halogenated alkanes) is 39. The van der Waals surface area contributed by atoms with Crippen LogP contribution in [0.25, 0.3) is 0 Å². The molecular formula is C61H120N2O6P+. The van der Waals surface area contributed by atoms with E-state index in [0.29, 0.717) is 17.4 Å². The lowest BCUT2D eigenvalue weighted by Crippen LogP contribution is -2.45. The van der Waals surface area contributed by atoms with Crippen molar-refractivity contribution in [1.29, 1.82) is 0 Å². The number of phosphoric acid groups is 1. The van der Waals surface area contributed by atoms with Crippen molar-refractivity contribution in [2.75, 3.05) is 40.9 Å². The standard InChI is InChI=1S/C61H119N2O6P/c1-6-8-10-12-14-16-18-20-21-22-23-24-25-26-27-28-29-30-31-32-33-34-35-36-37-38-39-40-41-43-45-47-49-51-53-55-61(65)62-59(58-69-70(66,67)68-57-56-63(3,4)5)60(64)54-52-50-48-46-44-42-19-17-15-13-11-9-7-2/h15,17,44,46,52,54,59-60,64H,6-14,16,18-43,45,47-51,53,55-58H2,1-5H3,(H-,62,65,66,67)/p+1/b17-15+,46-44+,54-52+. The Morgan fingerprint density at radius 3 is 1.14 bits per heavy atom. The minimum Gasteiger partial charge on any atom is -0.387 e. The first-order valence-electron chi connectivity index (χ1n) is 30.4. The van der Waals surface area contributed by atoms with Crippen LogP contribution in [-0.2, 0) is 18.4 Å². The third kappa shape index (κ3) is 54.5. The zero-order valence-electron chi connectivity index (χ0n) is 47.3. The lowest BCUT2D eigenvalue weighted by molar-refractivity contribution is -0.870. The molecule has 9 heteroatoms. The maximum atomic E-state index is 13.0. The van der Waals surface area contributed by atoms with E-state index in [1.807, 2.05) is 27.2 Å². The number of aliphatic hydroxyl groups is 1. The van der Waals surface area contributed by atoms with Gasteiger partial charge in [0.15, 0.2) is 0 Å². The fraction of sp³-hybridized carbons (Fsp3) is 0.885. The highest BCUT2D eigenvalue weighted by atomic mass is 31.2. The minimum atomic E-state index is -4.35. The molecule has 0 aromatic rings. The lowest BCUT2D eigenvalue weighted by atomic mass is 10.0. The molecule has 0 fully saturated rings. The summed E-state index contributed by atoms with van der Waals surface area (Å²) >= 11 is 0. The van der Waals surface area contributed by atoms with Crippen molar-refractivity contribution in [3.63, 3.8) is 0 Å². The van der Waals surface area contributed by atoms with Gasteiger partial charge in [0.1, 0.15) is 13.2 Å². The zero-order valence-corrected chi connectivity index (χ0v) is 48.2. The van der Waals surface area contributed by atoms with Gasteiger partial charge in [-0.25, -0.2) is 4.57 Å². The van der Waals surface area contributed by atoms with Crippen LogP contribution >= 0.6 is 7.82 Å². The molecule has 0 saturated heterocycles. The van der Waals surface area contributed by atoms with Gasteiger partial charge in [-0.05, 0) is 44.9 Å². The fourth-order valence-corrected chi connectivity index (χ4v) is 9.81. The number of amides is 1. The molecule has 1 amide bonds. The molecule has 0 aromatic carbocycles. The first kappa shape index (κ1) is 68.7. The van der Waals surface area contributed by atoms with Crippen LogP contribution in [0.3, 0.4) is 0 Å². The highest BCUT2D eigenvalue weighted by molar-refractivity contribution is 7.47. The summed E-state index contributed by atoms with van der Waals surface area (Å²) in [6.07, 6.45) is 68.6. The van der Waals surface area contributed by atoms with E-state index in [1.54, 1.807) is 6.08 Å². The first-order valence-corrected chi connectivity index (χ1v) is 31.9. The summed E-state index contributed by atoms with van der Waals surface area (Å²) in [6, 6.07) is -0.867. The van der Waals surface area contributed by atoms with Crippen LogP contribution in [0.4, 0.5) is 0 Å². The number of carbonyl (C=O) groups is 1. The normalized spacial score (nSPS) is 14.1. The van der Waals surface area contributed by atoms with Crippen LogP contribution in [0, 0.1) is 0 Å². The number of nitrogens with one attached hydrogen (secondary N) is 1. The van der Waals surface area contributed by atoms with Crippen LogP contribution in [0.15, 0.2) is 36.5 Å². The lowest BCUT2D eigenvalue weighted by Gasteiger charge is -2.25. The summed E-state index contributed by atoms with van der Waals surface area (Å²) in [5, 5.41) is 13.9. The minimum absolute atomic E-state index is 0.0548. The van der Waals surface area contributed by atoms with E-state index < -0.39 is 20.0 Å². The average Bonchev–Trinajstić information content (AvgIpc) is 3.32. The number of carbonyl (C=O) groups excluding carboxylic acids is 1. The van der Waals surface area contributed by atoms with Crippen LogP contribution in [0.2, 0.25) is 0 Å². The number of aliphatic hydroxyl groups excluding tert-OH is 1. The Balaban J connectivity index is 3.93. The van der Waals surface area contributed by atoms with Crippen molar-refractivity contribution in [2.24, 2.45) is 0 Å². The summed E-state index contributed by atoms with van der Waals surface area (Å²) in [7, 11) is 1.55. The molecule has 8 nitrogen and oxygen atoms in total. The van der Waals surface area contributed by atoms with E-state index in [0.717, 1.165) is 51.4 Å². The van der Waals surface area contributed by atoms with Gasteiger partial charge in [0.2, 0.25) is 5.91 Å². The van der Waals surface area contributed by atoms with E-state index in [4.69, 9.17) is 9.05 Å². The highest BCUT2D eigenvalue weighted by Crippen LogP contribution is 2.43. The third-order valence-corrected chi connectivity index (χ3v) is 14.8. The molecule has 70 heavy (non-hydrogen) atoms. The van der Waals surface area contributed by atoms with Crippen LogP contribution in [0.1, 0.15) is 296 Å².